The Labute approximate surface area is 159 Å². The van der Waals surface area contributed by atoms with Crippen LogP contribution in [0.15, 0.2) is 4.99 Å². The molecule has 0 aliphatic carbocycles. The number of hydrogen-bond donors (Lipinski definition) is 1. The number of hydrogen-bond acceptors (Lipinski definition) is 4. The Bertz CT molecular complexity index is 430. The van der Waals surface area contributed by atoms with Crippen LogP contribution in [0.5, 0.6) is 0 Å². The molecule has 3 fully saturated rings. The molecule has 1 atom stereocenters. The van der Waals surface area contributed by atoms with Crippen molar-refractivity contribution >= 4 is 5.96 Å². The highest BCUT2D eigenvalue weighted by atomic mass is 16.5. The van der Waals surface area contributed by atoms with Crippen molar-refractivity contribution in [3.63, 3.8) is 0 Å². The molecular weight excluding hydrogens is 326 g/mol. The lowest BCUT2D eigenvalue weighted by molar-refractivity contribution is 0.0195. The molecule has 3 aliphatic rings. The zero-order valence-corrected chi connectivity index (χ0v) is 17.0. The van der Waals surface area contributed by atoms with Crippen LogP contribution in [-0.2, 0) is 4.74 Å². The lowest BCUT2D eigenvalue weighted by Gasteiger charge is -2.32. The van der Waals surface area contributed by atoms with Gasteiger partial charge in [-0.05, 0) is 58.2 Å². The highest BCUT2D eigenvalue weighted by molar-refractivity contribution is 5.80. The summed E-state index contributed by atoms with van der Waals surface area (Å²) in [7, 11) is 0. The smallest absolute Gasteiger partial charge is 0.193 e. The van der Waals surface area contributed by atoms with E-state index in [9.17, 15) is 0 Å². The summed E-state index contributed by atoms with van der Waals surface area (Å²) >= 11 is 0. The largest absolute Gasteiger partial charge is 0.379 e. The van der Waals surface area contributed by atoms with Crippen molar-refractivity contribution in [2.75, 3.05) is 72.1 Å². The van der Waals surface area contributed by atoms with Crippen molar-refractivity contribution in [2.24, 2.45) is 10.9 Å². The molecule has 6 nitrogen and oxygen atoms in total. The van der Waals surface area contributed by atoms with E-state index in [2.05, 4.69) is 33.9 Å². The maximum Gasteiger partial charge on any atom is 0.193 e. The molecule has 0 spiro atoms. The van der Waals surface area contributed by atoms with Gasteiger partial charge in [-0.2, -0.15) is 0 Å². The molecule has 3 heterocycles. The molecule has 1 unspecified atom stereocenters. The molecular formula is C20H39N5O. The summed E-state index contributed by atoms with van der Waals surface area (Å²) in [5.74, 6) is 2.04. The number of rotatable bonds is 6. The molecule has 0 bridgehead atoms. The maximum absolute atomic E-state index is 5.50. The van der Waals surface area contributed by atoms with Gasteiger partial charge in [-0.25, -0.2) is 0 Å². The van der Waals surface area contributed by atoms with E-state index in [4.69, 9.17) is 9.73 Å². The fourth-order valence-electron chi connectivity index (χ4n) is 4.37. The molecule has 3 aliphatic heterocycles. The lowest BCUT2D eigenvalue weighted by Crippen LogP contribution is -2.46. The van der Waals surface area contributed by atoms with Crippen molar-refractivity contribution in [3.05, 3.63) is 0 Å². The Morgan fingerprint density at radius 1 is 1.08 bits per heavy atom. The van der Waals surface area contributed by atoms with Gasteiger partial charge in [0, 0.05) is 45.3 Å². The van der Waals surface area contributed by atoms with Gasteiger partial charge in [0.1, 0.15) is 0 Å². The Balaban J connectivity index is 1.42. The number of morpholine rings is 1. The first-order valence-electron chi connectivity index (χ1n) is 10.8. The normalized spacial score (nSPS) is 27.2. The predicted octanol–water partition coefficient (Wildman–Crippen LogP) is 1.48. The number of likely N-dealkylation sites (tertiary alicyclic amines) is 2. The summed E-state index contributed by atoms with van der Waals surface area (Å²) in [6, 6.07) is 0.665. The summed E-state index contributed by atoms with van der Waals surface area (Å²) in [5.41, 5.74) is 0. The fraction of sp³-hybridized carbons (Fsp3) is 0.950. The molecule has 0 aromatic rings. The minimum Gasteiger partial charge on any atom is -0.379 e. The fourth-order valence-corrected chi connectivity index (χ4v) is 4.37. The summed E-state index contributed by atoms with van der Waals surface area (Å²) in [6.07, 6.45) is 5.14. The number of nitrogens with zero attached hydrogens (tertiary/aromatic N) is 4. The number of ether oxygens (including phenoxy) is 1. The second-order valence-corrected chi connectivity index (χ2v) is 8.15. The molecule has 6 heteroatoms. The molecule has 1 N–H and O–H groups in total. The molecule has 0 saturated carbocycles. The second kappa shape index (κ2) is 10.5. The number of guanidine groups is 1. The van der Waals surface area contributed by atoms with Gasteiger partial charge in [0.2, 0.25) is 0 Å². The minimum atomic E-state index is 0.665. The molecule has 0 aromatic carbocycles. The van der Waals surface area contributed by atoms with E-state index in [1.54, 1.807) is 0 Å². The Morgan fingerprint density at radius 2 is 1.85 bits per heavy atom. The van der Waals surface area contributed by atoms with Crippen LogP contribution in [0.3, 0.4) is 0 Å². The topological polar surface area (TPSA) is 43.3 Å². The van der Waals surface area contributed by atoms with E-state index < -0.39 is 0 Å². The molecule has 3 saturated heterocycles. The second-order valence-electron chi connectivity index (χ2n) is 8.15. The van der Waals surface area contributed by atoms with Gasteiger partial charge in [-0.1, -0.05) is 6.92 Å². The van der Waals surface area contributed by atoms with Crippen LogP contribution in [0.1, 0.15) is 39.5 Å². The Kier molecular flexibility index (Phi) is 8.02. The molecule has 3 rings (SSSR count). The SMILES string of the molecule is CCNC(=NCCCN1CCC(C)CC1)N1CCC(N2CCOCC2)C1. The Hall–Kier alpha value is -0.850. The third-order valence-electron chi connectivity index (χ3n) is 6.13. The first-order chi connectivity index (χ1) is 12.8. The number of aliphatic imine (C=N–C) groups is 1. The lowest BCUT2D eigenvalue weighted by atomic mass is 9.99. The number of piperidine rings is 1. The molecule has 0 radical (unpaired) electrons. The zero-order valence-electron chi connectivity index (χ0n) is 17.0. The number of nitrogens with one attached hydrogen (secondary N) is 1. The highest BCUT2D eigenvalue weighted by Gasteiger charge is 2.30. The predicted molar refractivity (Wildman–Crippen MR) is 108 cm³/mol. The standard InChI is InChI=1S/C20H39N5O/c1-3-21-20(22-8-4-9-23-10-5-18(2)6-11-23)25-12-7-19(17-25)24-13-15-26-16-14-24/h18-19H,3-17H2,1-2H3,(H,21,22). The van der Waals surface area contributed by atoms with E-state index in [1.165, 1.54) is 45.3 Å². The summed E-state index contributed by atoms with van der Waals surface area (Å²) in [4.78, 5) is 12.6. The van der Waals surface area contributed by atoms with Crippen molar-refractivity contribution in [2.45, 2.75) is 45.6 Å². The first-order valence-corrected chi connectivity index (χ1v) is 10.8. The average Bonchev–Trinajstić information content (AvgIpc) is 3.16. The summed E-state index contributed by atoms with van der Waals surface area (Å²) < 4.78 is 5.50. The zero-order chi connectivity index (χ0) is 18.2. The van der Waals surface area contributed by atoms with Gasteiger partial charge in [0.05, 0.1) is 13.2 Å². The van der Waals surface area contributed by atoms with Crippen LogP contribution < -0.4 is 5.32 Å². The molecule has 0 aromatic heterocycles. The third kappa shape index (κ3) is 5.83. The monoisotopic (exact) mass is 365 g/mol. The van der Waals surface area contributed by atoms with Gasteiger partial charge >= 0.3 is 0 Å². The van der Waals surface area contributed by atoms with Gasteiger partial charge in [-0.15, -0.1) is 0 Å². The summed E-state index contributed by atoms with van der Waals surface area (Å²) in [6.45, 7) is 16.4. The van der Waals surface area contributed by atoms with Crippen molar-refractivity contribution in [1.82, 2.24) is 20.0 Å². The highest BCUT2D eigenvalue weighted by Crippen LogP contribution is 2.18. The summed E-state index contributed by atoms with van der Waals surface area (Å²) in [5, 5.41) is 3.51. The van der Waals surface area contributed by atoms with Gasteiger partial charge < -0.3 is 19.9 Å². The molecule has 0 amide bonds. The minimum absolute atomic E-state index is 0.665. The quantitative estimate of drug-likeness (QED) is 0.439. The third-order valence-corrected chi connectivity index (χ3v) is 6.13. The molecule has 150 valence electrons. The maximum atomic E-state index is 5.50. The van der Waals surface area contributed by atoms with Crippen LogP contribution in [0.2, 0.25) is 0 Å². The van der Waals surface area contributed by atoms with E-state index in [0.29, 0.717) is 6.04 Å². The first kappa shape index (κ1) is 19.9. The van der Waals surface area contributed by atoms with E-state index >= 15 is 0 Å². The van der Waals surface area contributed by atoms with E-state index in [0.717, 1.165) is 64.4 Å². The van der Waals surface area contributed by atoms with Gasteiger partial charge in [-0.3, -0.25) is 9.89 Å². The van der Waals surface area contributed by atoms with Crippen molar-refractivity contribution in [3.8, 4) is 0 Å². The van der Waals surface area contributed by atoms with E-state index in [1.807, 2.05) is 0 Å². The van der Waals surface area contributed by atoms with Gasteiger partial charge in [0.15, 0.2) is 5.96 Å². The van der Waals surface area contributed by atoms with Crippen LogP contribution in [-0.4, -0.2) is 98.8 Å². The van der Waals surface area contributed by atoms with E-state index in [-0.39, 0.29) is 0 Å². The average molecular weight is 366 g/mol. The van der Waals surface area contributed by atoms with Crippen LogP contribution >= 0.6 is 0 Å². The molecule has 26 heavy (non-hydrogen) atoms. The van der Waals surface area contributed by atoms with Crippen LogP contribution in [0.25, 0.3) is 0 Å². The van der Waals surface area contributed by atoms with Crippen LogP contribution in [0.4, 0.5) is 0 Å². The van der Waals surface area contributed by atoms with Gasteiger partial charge in [0.25, 0.3) is 0 Å². The Morgan fingerprint density at radius 3 is 2.58 bits per heavy atom. The van der Waals surface area contributed by atoms with Crippen LogP contribution in [0, 0.1) is 5.92 Å². The van der Waals surface area contributed by atoms with Crippen molar-refractivity contribution in [1.29, 1.82) is 0 Å². The van der Waals surface area contributed by atoms with Crippen molar-refractivity contribution < 1.29 is 4.74 Å².